The highest BCUT2D eigenvalue weighted by Gasteiger charge is 2.14. The number of hydrogen-bond acceptors (Lipinski definition) is 5. The molecule has 0 unspecified atom stereocenters. The van der Waals surface area contributed by atoms with Crippen LogP contribution in [0.2, 0.25) is 0 Å². The fourth-order valence-electron chi connectivity index (χ4n) is 1.61. The number of rotatable bonds is 3. The summed E-state index contributed by atoms with van der Waals surface area (Å²) in [7, 11) is 1.34. The molecule has 0 spiro atoms. The fourth-order valence-corrected chi connectivity index (χ4v) is 1.61. The van der Waals surface area contributed by atoms with Gasteiger partial charge in [-0.25, -0.2) is 9.20 Å². The number of fused-ring (bicyclic) bond motifs is 1. The number of methoxy groups -OCH3 is 1. The average molecular weight is 235 g/mol. The van der Waals surface area contributed by atoms with Crippen LogP contribution in [0.3, 0.4) is 0 Å². The van der Waals surface area contributed by atoms with Crippen LogP contribution < -0.4 is 4.74 Å². The molecule has 2 aromatic heterocycles. The van der Waals surface area contributed by atoms with Gasteiger partial charge in [0.05, 0.1) is 19.3 Å². The minimum atomic E-state index is -0.422. The molecule has 2 aromatic rings. The third-order valence-electron chi connectivity index (χ3n) is 2.35. The topological polar surface area (TPSA) is 65.7 Å². The normalized spacial score (nSPS) is 10.5. The minimum absolute atomic E-state index is 0.399. The van der Waals surface area contributed by atoms with E-state index in [9.17, 15) is 4.79 Å². The van der Waals surface area contributed by atoms with Crippen molar-refractivity contribution in [2.24, 2.45) is 0 Å². The average Bonchev–Trinajstić information content (AvgIpc) is 2.70. The van der Waals surface area contributed by atoms with Crippen LogP contribution in [-0.4, -0.2) is 34.3 Å². The van der Waals surface area contributed by atoms with Crippen molar-refractivity contribution in [2.75, 3.05) is 13.7 Å². The van der Waals surface area contributed by atoms with E-state index in [0.717, 1.165) is 0 Å². The first-order chi connectivity index (χ1) is 8.17. The molecule has 0 N–H and O–H groups in total. The van der Waals surface area contributed by atoms with E-state index >= 15 is 0 Å². The lowest BCUT2D eigenvalue weighted by molar-refractivity contribution is 0.0600. The van der Waals surface area contributed by atoms with Crippen LogP contribution in [0, 0.1) is 6.92 Å². The van der Waals surface area contributed by atoms with Gasteiger partial charge in [0, 0.05) is 6.07 Å². The maximum absolute atomic E-state index is 11.5. The molecule has 90 valence electrons. The van der Waals surface area contributed by atoms with Crippen molar-refractivity contribution < 1.29 is 14.3 Å². The van der Waals surface area contributed by atoms with Crippen LogP contribution >= 0.6 is 0 Å². The summed E-state index contributed by atoms with van der Waals surface area (Å²) in [6.07, 6.45) is 0. The minimum Gasteiger partial charge on any atom is -0.479 e. The van der Waals surface area contributed by atoms with Gasteiger partial charge >= 0.3 is 5.97 Å². The van der Waals surface area contributed by atoms with E-state index in [1.165, 1.54) is 7.11 Å². The van der Waals surface area contributed by atoms with E-state index in [2.05, 4.69) is 14.9 Å². The molecule has 0 amide bonds. The standard InChI is InChI=1S/C11H13N3O3/c1-4-17-10-6-8(11(15)16-3)5-9-13-12-7(2)14(9)10/h5-6H,4H2,1-3H3. The Morgan fingerprint density at radius 3 is 2.82 bits per heavy atom. The molecule has 6 heteroatoms. The second-order valence-electron chi connectivity index (χ2n) is 3.45. The molecule has 0 aromatic carbocycles. The van der Waals surface area contributed by atoms with Crippen LogP contribution in [-0.2, 0) is 4.74 Å². The highest BCUT2D eigenvalue weighted by atomic mass is 16.5. The Hall–Kier alpha value is -2.11. The lowest BCUT2D eigenvalue weighted by Gasteiger charge is -2.08. The summed E-state index contributed by atoms with van der Waals surface area (Å²) in [5, 5.41) is 7.91. The van der Waals surface area contributed by atoms with Gasteiger partial charge in [0.25, 0.3) is 0 Å². The molecule has 0 radical (unpaired) electrons. The van der Waals surface area contributed by atoms with E-state index in [0.29, 0.717) is 29.5 Å². The molecule has 2 rings (SSSR count). The van der Waals surface area contributed by atoms with Crippen molar-refractivity contribution in [2.45, 2.75) is 13.8 Å². The largest absolute Gasteiger partial charge is 0.479 e. The Balaban J connectivity index is 2.64. The molecular weight excluding hydrogens is 222 g/mol. The Labute approximate surface area is 98.2 Å². The maximum Gasteiger partial charge on any atom is 0.338 e. The van der Waals surface area contributed by atoms with Gasteiger partial charge in [-0.1, -0.05) is 0 Å². The number of carbonyl (C=O) groups is 1. The van der Waals surface area contributed by atoms with E-state index < -0.39 is 5.97 Å². The number of ether oxygens (including phenoxy) is 2. The number of esters is 1. The molecule has 17 heavy (non-hydrogen) atoms. The van der Waals surface area contributed by atoms with Crippen molar-refractivity contribution in [3.05, 3.63) is 23.5 Å². The van der Waals surface area contributed by atoms with Gasteiger partial charge in [-0.2, -0.15) is 0 Å². The van der Waals surface area contributed by atoms with Gasteiger partial charge < -0.3 is 9.47 Å². The predicted octanol–water partition coefficient (Wildman–Crippen LogP) is 1.22. The van der Waals surface area contributed by atoms with E-state index in [1.807, 2.05) is 13.8 Å². The third kappa shape index (κ3) is 1.93. The molecule has 0 aliphatic rings. The van der Waals surface area contributed by atoms with E-state index in [-0.39, 0.29) is 0 Å². The first-order valence-corrected chi connectivity index (χ1v) is 5.24. The van der Waals surface area contributed by atoms with Gasteiger partial charge in [-0.15, -0.1) is 10.2 Å². The summed E-state index contributed by atoms with van der Waals surface area (Å²) < 4.78 is 11.9. The smallest absolute Gasteiger partial charge is 0.338 e. The highest BCUT2D eigenvalue weighted by molar-refractivity contribution is 5.90. The van der Waals surface area contributed by atoms with Crippen molar-refractivity contribution in [1.82, 2.24) is 14.6 Å². The molecule has 0 fully saturated rings. The summed E-state index contributed by atoms with van der Waals surface area (Å²) in [5.41, 5.74) is 0.963. The van der Waals surface area contributed by atoms with E-state index in [1.54, 1.807) is 16.5 Å². The van der Waals surface area contributed by atoms with Crippen LogP contribution in [0.15, 0.2) is 12.1 Å². The molecule has 2 heterocycles. The molecule has 0 atom stereocenters. The van der Waals surface area contributed by atoms with Gasteiger partial charge in [-0.05, 0) is 19.9 Å². The predicted molar refractivity (Wildman–Crippen MR) is 60.2 cm³/mol. The quantitative estimate of drug-likeness (QED) is 0.748. The molecular formula is C11H13N3O3. The number of aryl methyl sites for hydroxylation is 1. The number of nitrogens with zero attached hydrogens (tertiary/aromatic N) is 3. The summed E-state index contributed by atoms with van der Waals surface area (Å²) in [6.45, 7) is 4.19. The third-order valence-corrected chi connectivity index (χ3v) is 2.35. The first-order valence-electron chi connectivity index (χ1n) is 5.24. The second-order valence-corrected chi connectivity index (χ2v) is 3.45. The molecule has 0 bridgehead atoms. The zero-order chi connectivity index (χ0) is 12.4. The number of aromatic nitrogens is 3. The van der Waals surface area contributed by atoms with Crippen molar-refractivity contribution >= 4 is 11.6 Å². The summed E-state index contributed by atoms with van der Waals surface area (Å²) in [6, 6.07) is 3.24. The van der Waals surface area contributed by atoms with Gasteiger partial charge in [-0.3, -0.25) is 0 Å². The maximum atomic E-state index is 11.5. The number of carbonyl (C=O) groups excluding carboxylic acids is 1. The molecule has 6 nitrogen and oxygen atoms in total. The van der Waals surface area contributed by atoms with Gasteiger partial charge in [0.1, 0.15) is 5.82 Å². The summed E-state index contributed by atoms with van der Waals surface area (Å²) in [5.74, 6) is 0.821. The Morgan fingerprint density at radius 2 is 2.18 bits per heavy atom. The molecule has 0 aliphatic heterocycles. The fraction of sp³-hybridized carbons (Fsp3) is 0.364. The summed E-state index contributed by atoms with van der Waals surface area (Å²) >= 11 is 0. The zero-order valence-electron chi connectivity index (χ0n) is 9.93. The van der Waals surface area contributed by atoms with Gasteiger partial charge in [0.2, 0.25) is 5.88 Å². The first kappa shape index (κ1) is 11.4. The second kappa shape index (κ2) is 4.40. The number of hydrogen-bond donors (Lipinski definition) is 0. The van der Waals surface area contributed by atoms with Crippen LogP contribution in [0.1, 0.15) is 23.1 Å². The van der Waals surface area contributed by atoms with Crippen LogP contribution in [0.4, 0.5) is 0 Å². The Kier molecular flexibility index (Phi) is 2.95. The summed E-state index contributed by atoms with van der Waals surface area (Å²) in [4.78, 5) is 11.5. The molecule has 0 saturated heterocycles. The van der Waals surface area contributed by atoms with Crippen molar-refractivity contribution in [3.8, 4) is 5.88 Å². The number of pyridine rings is 1. The Bertz CT molecular complexity index is 562. The lowest BCUT2D eigenvalue weighted by atomic mass is 10.2. The Morgan fingerprint density at radius 1 is 1.41 bits per heavy atom. The van der Waals surface area contributed by atoms with Crippen molar-refractivity contribution in [1.29, 1.82) is 0 Å². The molecule has 0 aliphatic carbocycles. The lowest BCUT2D eigenvalue weighted by Crippen LogP contribution is -2.06. The highest BCUT2D eigenvalue weighted by Crippen LogP contribution is 2.19. The van der Waals surface area contributed by atoms with Gasteiger partial charge in [0.15, 0.2) is 5.65 Å². The zero-order valence-corrected chi connectivity index (χ0v) is 9.93. The van der Waals surface area contributed by atoms with E-state index in [4.69, 9.17) is 4.74 Å². The molecule has 0 saturated carbocycles. The van der Waals surface area contributed by atoms with Crippen LogP contribution in [0.5, 0.6) is 5.88 Å². The SMILES string of the molecule is CCOc1cc(C(=O)OC)cc2nnc(C)n12. The van der Waals surface area contributed by atoms with Crippen LogP contribution in [0.25, 0.3) is 5.65 Å². The monoisotopic (exact) mass is 235 g/mol. The van der Waals surface area contributed by atoms with Crippen molar-refractivity contribution in [3.63, 3.8) is 0 Å².